The van der Waals surface area contributed by atoms with Crippen LogP contribution in [0.5, 0.6) is 0 Å². The number of hydrogen-bond donors (Lipinski definition) is 1. The molecular formula is C15H23ClN2O3. The lowest BCUT2D eigenvalue weighted by molar-refractivity contribution is -0.122. The third kappa shape index (κ3) is 8.02. The number of hydrogen-bond acceptors (Lipinski definition) is 4. The topological polar surface area (TPSA) is 50.8 Å². The molecule has 0 spiro atoms. The predicted molar refractivity (Wildman–Crippen MR) is 83.5 cm³/mol. The van der Waals surface area contributed by atoms with Crippen molar-refractivity contribution >= 4 is 17.5 Å². The van der Waals surface area contributed by atoms with E-state index in [-0.39, 0.29) is 5.91 Å². The van der Waals surface area contributed by atoms with Gasteiger partial charge in [-0.3, -0.25) is 9.69 Å². The van der Waals surface area contributed by atoms with Crippen molar-refractivity contribution in [2.75, 3.05) is 47.1 Å². The lowest BCUT2D eigenvalue weighted by atomic mass is 10.2. The molecule has 0 aliphatic rings. The van der Waals surface area contributed by atoms with E-state index in [2.05, 4.69) is 5.32 Å². The minimum atomic E-state index is -0.0258. The maximum atomic E-state index is 12.0. The van der Waals surface area contributed by atoms with Crippen LogP contribution in [0.25, 0.3) is 0 Å². The molecule has 0 aromatic heterocycles. The standard InChI is InChI=1S/C15H23ClN2O3/c1-20-8-6-18(7-9-21-2)12-15(19)17-11-13-4-3-5-14(16)10-13/h3-5,10H,6-9,11-12H2,1-2H3,(H,17,19). The highest BCUT2D eigenvalue weighted by Gasteiger charge is 2.10. The molecule has 0 saturated carbocycles. The highest BCUT2D eigenvalue weighted by Crippen LogP contribution is 2.10. The second kappa shape index (κ2) is 10.6. The molecule has 1 aromatic carbocycles. The SMILES string of the molecule is COCCN(CCOC)CC(=O)NCc1cccc(Cl)c1. The molecule has 1 N–H and O–H groups in total. The molecule has 21 heavy (non-hydrogen) atoms. The minimum Gasteiger partial charge on any atom is -0.383 e. The molecule has 6 heteroatoms. The maximum absolute atomic E-state index is 12.0. The van der Waals surface area contributed by atoms with E-state index >= 15 is 0 Å². The van der Waals surface area contributed by atoms with Gasteiger partial charge in [0.05, 0.1) is 19.8 Å². The summed E-state index contributed by atoms with van der Waals surface area (Å²) >= 11 is 5.91. The number of nitrogens with zero attached hydrogens (tertiary/aromatic N) is 1. The molecule has 118 valence electrons. The van der Waals surface area contributed by atoms with Crippen LogP contribution in [0.15, 0.2) is 24.3 Å². The fraction of sp³-hybridized carbons (Fsp3) is 0.533. The zero-order chi connectivity index (χ0) is 15.5. The Morgan fingerprint density at radius 2 is 1.90 bits per heavy atom. The Labute approximate surface area is 131 Å². The summed E-state index contributed by atoms with van der Waals surface area (Å²) in [4.78, 5) is 14.0. The first kappa shape index (κ1) is 17.9. The Balaban J connectivity index is 2.38. The fourth-order valence-corrected chi connectivity index (χ4v) is 2.03. The number of carbonyl (C=O) groups excluding carboxylic acids is 1. The average Bonchev–Trinajstić information content (AvgIpc) is 2.48. The second-order valence-corrected chi connectivity index (χ2v) is 5.10. The highest BCUT2D eigenvalue weighted by atomic mass is 35.5. The van der Waals surface area contributed by atoms with Gasteiger partial charge in [-0.15, -0.1) is 0 Å². The Morgan fingerprint density at radius 3 is 2.48 bits per heavy atom. The van der Waals surface area contributed by atoms with E-state index in [4.69, 9.17) is 21.1 Å². The van der Waals surface area contributed by atoms with Gasteiger partial charge in [-0.05, 0) is 17.7 Å². The summed E-state index contributed by atoms with van der Waals surface area (Å²) in [6.07, 6.45) is 0. The predicted octanol–water partition coefficient (Wildman–Crippen LogP) is 1.55. The van der Waals surface area contributed by atoms with E-state index in [9.17, 15) is 4.79 Å². The molecule has 0 unspecified atom stereocenters. The minimum absolute atomic E-state index is 0.0258. The van der Waals surface area contributed by atoms with Gasteiger partial charge in [-0.25, -0.2) is 0 Å². The summed E-state index contributed by atoms with van der Waals surface area (Å²) in [6, 6.07) is 7.45. The Bertz CT molecular complexity index is 421. The molecule has 0 saturated heterocycles. The van der Waals surface area contributed by atoms with Crippen LogP contribution in [0.4, 0.5) is 0 Å². The molecule has 0 aliphatic heterocycles. The first-order chi connectivity index (χ1) is 10.2. The normalized spacial score (nSPS) is 10.9. The maximum Gasteiger partial charge on any atom is 0.234 e. The van der Waals surface area contributed by atoms with Gasteiger partial charge in [0, 0.05) is 38.9 Å². The third-order valence-corrected chi connectivity index (χ3v) is 3.20. The molecule has 0 aliphatic carbocycles. The highest BCUT2D eigenvalue weighted by molar-refractivity contribution is 6.30. The third-order valence-electron chi connectivity index (χ3n) is 2.97. The van der Waals surface area contributed by atoms with Crippen LogP contribution in [0.2, 0.25) is 5.02 Å². The zero-order valence-electron chi connectivity index (χ0n) is 12.6. The number of amides is 1. The van der Waals surface area contributed by atoms with Gasteiger partial charge in [-0.2, -0.15) is 0 Å². The molecule has 1 amide bonds. The summed E-state index contributed by atoms with van der Waals surface area (Å²) in [5.41, 5.74) is 0.983. The van der Waals surface area contributed by atoms with Crippen LogP contribution >= 0.6 is 11.6 Å². The van der Waals surface area contributed by atoms with Crippen molar-refractivity contribution < 1.29 is 14.3 Å². The molecule has 1 aromatic rings. The monoisotopic (exact) mass is 314 g/mol. The smallest absolute Gasteiger partial charge is 0.234 e. The van der Waals surface area contributed by atoms with Crippen molar-refractivity contribution in [2.24, 2.45) is 0 Å². The van der Waals surface area contributed by atoms with Crippen LogP contribution < -0.4 is 5.32 Å². The number of rotatable bonds is 10. The van der Waals surface area contributed by atoms with E-state index in [0.29, 0.717) is 44.4 Å². The van der Waals surface area contributed by atoms with E-state index in [1.807, 2.05) is 29.2 Å². The van der Waals surface area contributed by atoms with E-state index in [1.54, 1.807) is 14.2 Å². The van der Waals surface area contributed by atoms with Crippen molar-refractivity contribution in [3.63, 3.8) is 0 Å². The van der Waals surface area contributed by atoms with Gasteiger partial charge in [0.25, 0.3) is 0 Å². The van der Waals surface area contributed by atoms with Gasteiger partial charge in [0.1, 0.15) is 0 Å². The van der Waals surface area contributed by atoms with Crippen LogP contribution in [0, 0.1) is 0 Å². The Kier molecular flexibility index (Phi) is 9.01. The van der Waals surface area contributed by atoms with Gasteiger partial charge in [0.15, 0.2) is 0 Å². The summed E-state index contributed by atoms with van der Waals surface area (Å²) in [6.45, 7) is 3.38. The Morgan fingerprint density at radius 1 is 1.24 bits per heavy atom. The largest absolute Gasteiger partial charge is 0.383 e. The summed E-state index contributed by atoms with van der Waals surface area (Å²) in [7, 11) is 3.29. The van der Waals surface area contributed by atoms with Gasteiger partial charge < -0.3 is 14.8 Å². The molecular weight excluding hydrogens is 292 g/mol. The van der Waals surface area contributed by atoms with Crippen molar-refractivity contribution in [2.45, 2.75) is 6.54 Å². The van der Waals surface area contributed by atoms with Crippen molar-refractivity contribution in [3.05, 3.63) is 34.9 Å². The number of halogens is 1. The molecule has 1 rings (SSSR count). The van der Waals surface area contributed by atoms with E-state index in [1.165, 1.54) is 0 Å². The van der Waals surface area contributed by atoms with E-state index < -0.39 is 0 Å². The zero-order valence-corrected chi connectivity index (χ0v) is 13.4. The average molecular weight is 315 g/mol. The Hall–Kier alpha value is -1.14. The number of nitrogens with one attached hydrogen (secondary N) is 1. The van der Waals surface area contributed by atoms with E-state index in [0.717, 1.165) is 5.56 Å². The van der Waals surface area contributed by atoms with Crippen molar-refractivity contribution in [1.29, 1.82) is 0 Å². The van der Waals surface area contributed by atoms with Crippen molar-refractivity contribution in [3.8, 4) is 0 Å². The molecule has 0 radical (unpaired) electrons. The second-order valence-electron chi connectivity index (χ2n) is 4.67. The first-order valence-corrected chi connectivity index (χ1v) is 7.25. The van der Waals surface area contributed by atoms with Crippen molar-refractivity contribution in [1.82, 2.24) is 10.2 Å². The first-order valence-electron chi connectivity index (χ1n) is 6.87. The van der Waals surface area contributed by atoms with Crippen LogP contribution in [0.3, 0.4) is 0 Å². The lowest BCUT2D eigenvalue weighted by Crippen LogP contribution is -2.40. The number of benzene rings is 1. The molecule has 0 atom stereocenters. The number of methoxy groups -OCH3 is 2. The molecule has 5 nitrogen and oxygen atoms in total. The quantitative estimate of drug-likeness (QED) is 0.712. The van der Waals surface area contributed by atoms with Gasteiger partial charge >= 0.3 is 0 Å². The van der Waals surface area contributed by atoms with Crippen LogP contribution in [-0.2, 0) is 20.8 Å². The van der Waals surface area contributed by atoms with Crippen LogP contribution in [0.1, 0.15) is 5.56 Å². The summed E-state index contributed by atoms with van der Waals surface area (Å²) < 4.78 is 10.1. The van der Waals surface area contributed by atoms with Gasteiger partial charge in [0.2, 0.25) is 5.91 Å². The number of carbonyl (C=O) groups is 1. The molecule has 0 bridgehead atoms. The fourth-order valence-electron chi connectivity index (χ4n) is 1.82. The molecule has 0 heterocycles. The lowest BCUT2D eigenvalue weighted by Gasteiger charge is -2.20. The summed E-state index contributed by atoms with van der Waals surface area (Å²) in [5.74, 6) is -0.0258. The van der Waals surface area contributed by atoms with Crippen LogP contribution in [-0.4, -0.2) is 57.9 Å². The van der Waals surface area contributed by atoms with Gasteiger partial charge in [-0.1, -0.05) is 23.7 Å². The molecule has 0 fully saturated rings. The number of ether oxygens (including phenoxy) is 2. The summed E-state index contributed by atoms with van der Waals surface area (Å²) in [5, 5.41) is 3.56.